The van der Waals surface area contributed by atoms with Crippen molar-refractivity contribution in [3.8, 4) is 0 Å². The highest BCUT2D eigenvalue weighted by atomic mass is 31.2. The van der Waals surface area contributed by atoms with E-state index in [-0.39, 0.29) is 43.5 Å². The van der Waals surface area contributed by atoms with Crippen LogP contribution in [0.4, 0.5) is 0 Å². The molecule has 0 N–H and O–H groups in total. The molecule has 182 valence electrons. The lowest BCUT2D eigenvalue weighted by atomic mass is 10.1. The quantitative estimate of drug-likeness (QED) is 0.119. The molecule has 0 aliphatic carbocycles. The maximum absolute atomic E-state index is 13.6. The van der Waals surface area contributed by atoms with Crippen LogP contribution in [0.25, 0.3) is 0 Å². The van der Waals surface area contributed by atoms with Crippen LogP contribution in [-0.2, 0) is 24.8 Å². The largest absolute Gasteiger partial charge is 0.457 e. The molecule has 0 bridgehead atoms. The van der Waals surface area contributed by atoms with Crippen molar-refractivity contribution in [3.63, 3.8) is 0 Å². The standard InChI is InChI=1S/C28H29O6P/c29-26(24-14-6-2-7-15-24)20-33-28(31)18-10-11-19-35(32,22-23-12-4-1-5-13-23)34-21-27(30)25-16-8-3-9-17-25/h1-9,12-17H,10-11,18-22H2. The average Bonchev–Trinajstić information content (AvgIpc) is 2.90. The lowest BCUT2D eigenvalue weighted by Gasteiger charge is -2.18. The first-order valence-corrected chi connectivity index (χ1v) is 13.5. The summed E-state index contributed by atoms with van der Waals surface area (Å²) in [5.41, 5.74) is 1.86. The van der Waals surface area contributed by atoms with Crippen molar-refractivity contribution in [2.75, 3.05) is 19.4 Å². The second kappa shape index (κ2) is 13.5. The fraction of sp³-hybridized carbons (Fsp3) is 0.250. The molecule has 7 heteroatoms. The Morgan fingerprint density at radius 3 is 1.74 bits per heavy atom. The summed E-state index contributed by atoms with van der Waals surface area (Å²) in [6.45, 7) is -0.572. The highest BCUT2D eigenvalue weighted by Crippen LogP contribution is 2.51. The van der Waals surface area contributed by atoms with Gasteiger partial charge in [0.25, 0.3) is 0 Å². The summed E-state index contributed by atoms with van der Waals surface area (Å²) in [6.07, 6.45) is 1.46. The van der Waals surface area contributed by atoms with Crippen molar-refractivity contribution in [1.29, 1.82) is 0 Å². The van der Waals surface area contributed by atoms with Gasteiger partial charge in [-0.1, -0.05) is 91.0 Å². The number of Topliss-reactive ketones (excluding diaryl/α,β-unsaturated/α-hetero) is 2. The highest BCUT2D eigenvalue weighted by Gasteiger charge is 2.25. The first kappa shape index (κ1) is 26.3. The second-order valence-electron chi connectivity index (χ2n) is 8.15. The van der Waals surface area contributed by atoms with E-state index in [9.17, 15) is 18.9 Å². The topological polar surface area (TPSA) is 86.7 Å². The molecule has 0 spiro atoms. The molecule has 0 saturated carbocycles. The molecule has 3 aromatic carbocycles. The summed E-state index contributed by atoms with van der Waals surface area (Å²) in [4.78, 5) is 36.6. The van der Waals surface area contributed by atoms with Gasteiger partial charge >= 0.3 is 5.97 Å². The minimum atomic E-state index is -3.17. The Balaban J connectivity index is 1.48. The van der Waals surface area contributed by atoms with Crippen LogP contribution in [0, 0.1) is 0 Å². The molecular formula is C28H29O6P. The second-order valence-corrected chi connectivity index (χ2v) is 10.8. The number of benzene rings is 3. The van der Waals surface area contributed by atoms with Crippen LogP contribution < -0.4 is 0 Å². The summed E-state index contributed by atoms with van der Waals surface area (Å²) in [5.74, 6) is -0.972. The molecule has 0 amide bonds. The number of rotatable bonds is 14. The van der Waals surface area contributed by atoms with E-state index in [0.29, 0.717) is 24.0 Å². The van der Waals surface area contributed by atoms with Gasteiger partial charge in [0.15, 0.2) is 18.2 Å². The highest BCUT2D eigenvalue weighted by molar-refractivity contribution is 7.58. The molecule has 0 aliphatic rings. The van der Waals surface area contributed by atoms with Gasteiger partial charge in [-0.25, -0.2) is 0 Å². The summed E-state index contributed by atoms with van der Waals surface area (Å²) in [5, 5.41) is 0. The number of ether oxygens (including phenoxy) is 1. The number of hydrogen-bond donors (Lipinski definition) is 0. The smallest absolute Gasteiger partial charge is 0.306 e. The molecule has 0 aromatic heterocycles. The van der Waals surface area contributed by atoms with Gasteiger partial charge in [0.05, 0.1) is 0 Å². The zero-order chi connectivity index (χ0) is 24.9. The fourth-order valence-electron chi connectivity index (χ4n) is 3.48. The maximum Gasteiger partial charge on any atom is 0.306 e. The van der Waals surface area contributed by atoms with E-state index in [4.69, 9.17) is 9.26 Å². The predicted molar refractivity (Wildman–Crippen MR) is 135 cm³/mol. The third kappa shape index (κ3) is 9.08. The first-order chi connectivity index (χ1) is 17.0. The van der Waals surface area contributed by atoms with Crippen molar-refractivity contribution in [2.45, 2.75) is 25.4 Å². The third-order valence-corrected chi connectivity index (χ3v) is 7.83. The number of hydrogen-bond acceptors (Lipinski definition) is 6. The minimum absolute atomic E-state index is 0.107. The van der Waals surface area contributed by atoms with Gasteiger partial charge in [-0.3, -0.25) is 18.9 Å². The predicted octanol–water partition coefficient (Wildman–Crippen LogP) is 5.96. The van der Waals surface area contributed by atoms with E-state index in [0.717, 1.165) is 5.56 Å². The third-order valence-electron chi connectivity index (χ3n) is 5.38. The monoisotopic (exact) mass is 492 g/mol. The summed E-state index contributed by atoms with van der Waals surface area (Å²) in [6, 6.07) is 26.7. The molecule has 0 aliphatic heterocycles. The molecular weight excluding hydrogens is 463 g/mol. The van der Waals surface area contributed by atoms with Crippen LogP contribution in [0.1, 0.15) is 45.5 Å². The lowest BCUT2D eigenvalue weighted by molar-refractivity contribution is -0.142. The van der Waals surface area contributed by atoms with Gasteiger partial charge in [0.2, 0.25) is 7.37 Å². The van der Waals surface area contributed by atoms with Crippen LogP contribution in [0.5, 0.6) is 0 Å². The molecule has 35 heavy (non-hydrogen) atoms. The molecule has 3 aromatic rings. The molecule has 0 heterocycles. The van der Waals surface area contributed by atoms with Crippen LogP contribution in [0.3, 0.4) is 0 Å². The van der Waals surface area contributed by atoms with Crippen LogP contribution in [-0.4, -0.2) is 36.9 Å². The molecule has 3 rings (SSSR count). The van der Waals surface area contributed by atoms with Gasteiger partial charge in [0.1, 0.15) is 6.61 Å². The van der Waals surface area contributed by atoms with Crippen LogP contribution >= 0.6 is 7.37 Å². The van der Waals surface area contributed by atoms with Gasteiger partial charge < -0.3 is 9.26 Å². The summed E-state index contributed by atoms with van der Waals surface area (Å²) in [7, 11) is -3.17. The first-order valence-electron chi connectivity index (χ1n) is 11.5. The van der Waals surface area contributed by atoms with Gasteiger partial charge in [0, 0.05) is 29.9 Å². The SMILES string of the molecule is O=C(CCCCP(=O)(Cc1ccccc1)OCC(=O)c1ccccc1)OCC(=O)c1ccccc1. The normalized spacial score (nSPS) is 12.5. The van der Waals surface area contributed by atoms with Crippen molar-refractivity contribution in [1.82, 2.24) is 0 Å². The Kier molecular flexibility index (Phi) is 10.1. The average molecular weight is 493 g/mol. The minimum Gasteiger partial charge on any atom is -0.457 e. The molecule has 1 atom stereocenters. The number of esters is 1. The van der Waals surface area contributed by atoms with E-state index in [1.807, 2.05) is 36.4 Å². The van der Waals surface area contributed by atoms with E-state index >= 15 is 0 Å². The summed E-state index contributed by atoms with van der Waals surface area (Å²) < 4.78 is 24.4. The zero-order valence-corrected chi connectivity index (χ0v) is 20.4. The van der Waals surface area contributed by atoms with Crippen molar-refractivity contribution >= 4 is 24.9 Å². The maximum atomic E-state index is 13.6. The van der Waals surface area contributed by atoms with E-state index < -0.39 is 13.3 Å². The van der Waals surface area contributed by atoms with Gasteiger partial charge in [-0.05, 0) is 18.4 Å². The number of ketones is 2. The molecule has 0 radical (unpaired) electrons. The Labute approximate surface area is 205 Å². The zero-order valence-electron chi connectivity index (χ0n) is 19.5. The molecule has 0 saturated heterocycles. The van der Waals surface area contributed by atoms with Gasteiger partial charge in [-0.15, -0.1) is 0 Å². The Bertz CT molecular complexity index is 1150. The Morgan fingerprint density at radius 2 is 1.17 bits per heavy atom. The molecule has 1 unspecified atom stereocenters. The number of unbranched alkanes of at least 4 members (excludes halogenated alkanes) is 1. The molecule has 6 nitrogen and oxygen atoms in total. The van der Waals surface area contributed by atoms with E-state index in [2.05, 4.69) is 0 Å². The van der Waals surface area contributed by atoms with E-state index in [1.165, 1.54) is 0 Å². The van der Waals surface area contributed by atoms with Crippen LogP contribution in [0.15, 0.2) is 91.0 Å². The Hall–Kier alpha value is -3.34. The lowest BCUT2D eigenvalue weighted by Crippen LogP contribution is -2.14. The Morgan fingerprint density at radius 1 is 0.657 bits per heavy atom. The van der Waals surface area contributed by atoms with Crippen LogP contribution in [0.2, 0.25) is 0 Å². The summed E-state index contributed by atoms with van der Waals surface area (Å²) >= 11 is 0. The van der Waals surface area contributed by atoms with Crippen molar-refractivity contribution in [2.24, 2.45) is 0 Å². The number of carbonyl (C=O) groups is 3. The number of carbonyl (C=O) groups excluding carboxylic acids is 3. The fourth-order valence-corrected chi connectivity index (χ4v) is 5.69. The van der Waals surface area contributed by atoms with Crippen molar-refractivity contribution < 1.29 is 28.2 Å². The van der Waals surface area contributed by atoms with Crippen molar-refractivity contribution in [3.05, 3.63) is 108 Å². The molecule has 0 fully saturated rings. The van der Waals surface area contributed by atoms with E-state index in [1.54, 1.807) is 54.6 Å². The van der Waals surface area contributed by atoms with Gasteiger partial charge in [-0.2, -0.15) is 0 Å².